The van der Waals surface area contributed by atoms with Crippen LogP contribution in [0.1, 0.15) is 16.8 Å². The molecule has 0 aliphatic carbocycles. The van der Waals surface area contributed by atoms with Gasteiger partial charge in [0.25, 0.3) is 0 Å². The number of carbonyl (C=O) groups is 1. The fraction of sp³-hybridized carbons (Fsp3) is 0.417. The van der Waals surface area contributed by atoms with Crippen LogP contribution < -0.4 is 5.32 Å². The minimum Gasteiger partial charge on any atom is -0.375 e. The van der Waals surface area contributed by atoms with Crippen LogP contribution in [0.25, 0.3) is 0 Å². The molecule has 0 bridgehead atoms. The van der Waals surface area contributed by atoms with E-state index in [1.165, 1.54) is 6.07 Å². The van der Waals surface area contributed by atoms with Crippen molar-refractivity contribution in [1.29, 1.82) is 0 Å². The molecule has 1 saturated heterocycles. The third-order valence-electron chi connectivity index (χ3n) is 2.75. The molecule has 1 N–H and O–H groups in total. The average Bonchev–Trinajstić information content (AvgIpc) is 2.37. The lowest BCUT2D eigenvalue weighted by Gasteiger charge is -2.23. The molecular formula is C12H12BrClFNO2. The lowest BCUT2D eigenvalue weighted by Crippen LogP contribution is -2.39. The zero-order valence-electron chi connectivity index (χ0n) is 9.51. The van der Waals surface area contributed by atoms with Crippen molar-refractivity contribution in [3.05, 3.63) is 33.0 Å². The third kappa shape index (κ3) is 3.09. The molecule has 2 rings (SSSR count). The highest BCUT2D eigenvalue weighted by atomic mass is 79.9. The topological polar surface area (TPSA) is 38.3 Å². The summed E-state index contributed by atoms with van der Waals surface area (Å²) in [7, 11) is 0. The van der Waals surface area contributed by atoms with E-state index < -0.39 is 5.82 Å². The summed E-state index contributed by atoms with van der Waals surface area (Å²) in [6, 6.07) is 3.00. The number of rotatable bonds is 3. The second-order valence-corrected chi connectivity index (χ2v) is 5.28. The predicted octanol–water partition coefficient (Wildman–Crippen LogP) is 2.80. The highest BCUT2D eigenvalue weighted by Crippen LogP contribution is 2.28. The van der Waals surface area contributed by atoms with E-state index >= 15 is 0 Å². The predicted molar refractivity (Wildman–Crippen MR) is 70.7 cm³/mol. The van der Waals surface area contributed by atoms with Gasteiger partial charge in [-0.2, -0.15) is 0 Å². The molecule has 1 fully saturated rings. The normalized spacial score (nSPS) is 19.8. The fourth-order valence-corrected chi connectivity index (χ4v) is 2.28. The van der Waals surface area contributed by atoms with Gasteiger partial charge in [-0.05, 0) is 28.1 Å². The number of ketones is 1. The molecule has 98 valence electrons. The molecule has 1 atom stereocenters. The van der Waals surface area contributed by atoms with Crippen molar-refractivity contribution in [3.8, 4) is 0 Å². The minimum absolute atomic E-state index is 0.0115. The maximum Gasteiger partial charge on any atom is 0.168 e. The first-order valence-corrected chi connectivity index (χ1v) is 6.75. The fourth-order valence-electron chi connectivity index (χ4n) is 1.81. The van der Waals surface area contributed by atoms with Crippen molar-refractivity contribution in [2.75, 3.05) is 19.7 Å². The molecule has 6 heteroatoms. The van der Waals surface area contributed by atoms with Crippen molar-refractivity contribution in [2.24, 2.45) is 0 Å². The van der Waals surface area contributed by atoms with Crippen LogP contribution in [-0.2, 0) is 4.74 Å². The van der Waals surface area contributed by atoms with Gasteiger partial charge in [-0.1, -0.05) is 11.6 Å². The van der Waals surface area contributed by atoms with Crippen molar-refractivity contribution < 1.29 is 13.9 Å². The maximum absolute atomic E-state index is 13.8. The van der Waals surface area contributed by atoms with E-state index in [0.29, 0.717) is 17.6 Å². The number of hydrogen-bond donors (Lipinski definition) is 1. The lowest BCUT2D eigenvalue weighted by atomic mass is 10.0. The summed E-state index contributed by atoms with van der Waals surface area (Å²) < 4.78 is 19.7. The van der Waals surface area contributed by atoms with Crippen LogP contribution in [0, 0.1) is 5.82 Å². The first-order valence-electron chi connectivity index (χ1n) is 5.58. The Morgan fingerprint density at radius 3 is 3.06 bits per heavy atom. The van der Waals surface area contributed by atoms with Gasteiger partial charge < -0.3 is 10.1 Å². The molecule has 0 spiro atoms. The monoisotopic (exact) mass is 335 g/mol. The quantitative estimate of drug-likeness (QED) is 0.681. The Kier molecular flexibility index (Phi) is 4.72. The molecule has 0 aromatic heterocycles. The number of ether oxygens (including phenoxy) is 1. The van der Waals surface area contributed by atoms with Gasteiger partial charge >= 0.3 is 0 Å². The van der Waals surface area contributed by atoms with Gasteiger partial charge in [0, 0.05) is 24.0 Å². The Labute approximate surface area is 118 Å². The molecule has 1 unspecified atom stereocenters. The standard InChI is InChI=1S/C12H12BrClFNO2/c13-9-2-1-8(12(15)11(9)14)10(17)5-7-6-16-3-4-18-7/h1-2,7,16H,3-6H2. The van der Waals surface area contributed by atoms with Gasteiger partial charge in [0.15, 0.2) is 11.6 Å². The molecule has 18 heavy (non-hydrogen) atoms. The van der Waals surface area contributed by atoms with Gasteiger partial charge in [-0.3, -0.25) is 4.79 Å². The Morgan fingerprint density at radius 2 is 2.39 bits per heavy atom. The summed E-state index contributed by atoms with van der Waals surface area (Å²) in [5.74, 6) is -0.976. The van der Waals surface area contributed by atoms with Crippen LogP contribution in [0.4, 0.5) is 4.39 Å². The summed E-state index contributed by atoms with van der Waals surface area (Å²) in [5.41, 5.74) is 0.0115. The number of morpholine rings is 1. The summed E-state index contributed by atoms with van der Waals surface area (Å²) in [5, 5.41) is 3.06. The smallest absolute Gasteiger partial charge is 0.168 e. The summed E-state index contributed by atoms with van der Waals surface area (Å²) in [6.45, 7) is 1.96. The summed E-state index contributed by atoms with van der Waals surface area (Å²) in [6.07, 6.45) is -0.0462. The average molecular weight is 337 g/mol. The summed E-state index contributed by atoms with van der Waals surface area (Å²) in [4.78, 5) is 12.0. The minimum atomic E-state index is -0.681. The van der Waals surface area contributed by atoms with Gasteiger partial charge in [0.2, 0.25) is 0 Å². The molecule has 0 amide bonds. The molecule has 3 nitrogen and oxygen atoms in total. The van der Waals surface area contributed by atoms with Gasteiger partial charge in [-0.25, -0.2) is 4.39 Å². The van der Waals surface area contributed by atoms with E-state index in [9.17, 15) is 9.18 Å². The van der Waals surface area contributed by atoms with E-state index in [0.717, 1.165) is 6.54 Å². The Balaban J connectivity index is 2.11. The van der Waals surface area contributed by atoms with Crippen LogP contribution in [0.3, 0.4) is 0 Å². The third-order valence-corrected chi connectivity index (χ3v) is 4.01. The zero-order valence-corrected chi connectivity index (χ0v) is 11.9. The Hall–Kier alpha value is -0.490. The van der Waals surface area contributed by atoms with Crippen LogP contribution in [0.2, 0.25) is 5.02 Å². The van der Waals surface area contributed by atoms with Crippen LogP contribution in [0.15, 0.2) is 16.6 Å². The molecule has 1 aliphatic rings. The molecule has 1 aromatic rings. The van der Waals surface area contributed by atoms with E-state index in [2.05, 4.69) is 21.2 Å². The van der Waals surface area contributed by atoms with Crippen LogP contribution >= 0.6 is 27.5 Å². The SMILES string of the molecule is O=C(CC1CNCCO1)c1ccc(Br)c(Cl)c1F. The number of halogens is 3. The number of Topliss-reactive ketones (excluding diaryl/α,β-unsaturated/α-hetero) is 1. The van der Waals surface area contributed by atoms with Gasteiger partial charge in [0.1, 0.15) is 0 Å². The van der Waals surface area contributed by atoms with Gasteiger partial charge in [-0.15, -0.1) is 0 Å². The number of benzene rings is 1. The largest absolute Gasteiger partial charge is 0.375 e. The number of hydrogen-bond acceptors (Lipinski definition) is 3. The molecule has 0 radical (unpaired) electrons. The van der Waals surface area contributed by atoms with Crippen molar-refractivity contribution in [2.45, 2.75) is 12.5 Å². The molecular weight excluding hydrogens is 324 g/mol. The maximum atomic E-state index is 13.8. The first-order chi connectivity index (χ1) is 8.59. The zero-order chi connectivity index (χ0) is 13.1. The second kappa shape index (κ2) is 6.10. The van der Waals surface area contributed by atoms with Crippen LogP contribution in [0.5, 0.6) is 0 Å². The second-order valence-electron chi connectivity index (χ2n) is 4.05. The molecule has 0 saturated carbocycles. The summed E-state index contributed by atoms with van der Waals surface area (Å²) >= 11 is 8.86. The first kappa shape index (κ1) is 13.9. The van der Waals surface area contributed by atoms with Crippen molar-refractivity contribution in [1.82, 2.24) is 5.32 Å². The molecule has 1 aromatic carbocycles. The Morgan fingerprint density at radius 1 is 1.61 bits per heavy atom. The van der Waals surface area contributed by atoms with Crippen molar-refractivity contribution >= 4 is 33.3 Å². The van der Waals surface area contributed by atoms with Crippen LogP contribution in [-0.4, -0.2) is 31.6 Å². The van der Waals surface area contributed by atoms with E-state index in [-0.39, 0.29) is 28.9 Å². The van der Waals surface area contributed by atoms with E-state index in [1.807, 2.05) is 0 Å². The van der Waals surface area contributed by atoms with E-state index in [4.69, 9.17) is 16.3 Å². The number of carbonyl (C=O) groups excluding carboxylic acids is 1. The highest BCUT2D eigenvalue weighted by molar-refractivity contribution is 9.10. The van der Waals surface area contributed by atoms with Gasteiger partial charge in [0.05, 0.1) is 23.3 Å². The lowest BCUT2D eigenvalue weighted by molar-refractivity contribution is 0.0239. The molecule has 1 heterocycles. The number of nitrogens with one attached hydrogen (secondary N) is 1. The molecule has 1 aliphatic heterocycles. The van der Waals surface area contributed by atoms with E-state index in [1.54, 1.807) is 6.07 Å². The Bertz CT molecular complexity index is 464. The van der Waals surface area contributed by atoms with Crippen molar-refractivity contribution in [3.63, 3.8) is 0 Å². The highest BCUT2D eigenvalue weighted by Gasteiger charge is 2.22.